The first-order valence-corrected chi connectivity index (χ1v) is 9.92. The van der Waals surface area contributed by atoms with Gasteiger partial charge in [-0.15, -0.1) is 0 Å². The van der Waals surface area contributed by atoms with Crippen molar-refractivity contribution in [2.24, 2.45) is 0 Å². The molecule has 1 heteroatoms. The third-order valence-corrected chi connectivity index (χ3v) is 4.86. The second kappa shape index (κ2) is 9.45. The van der Waals surface area contributed by atoms with Crippen LogP contribution in [0.2, 0.25) is 0 Å². The highest BCUT2D eigenvalue weighted by Crippen LogP contribution is 2.33. The fraction of sp³-hybridized carbons (Fsp3) is 0.0345. The van der Waals surface area contributed by atoms with Crippen molar-refractivity contribution < 1.29 is 4.74 Å². The number of rotatable bonds is 4. The zero-order chi connectivity index (χ0) is 20.6. The van der Waals surface area contributed by atoms with Crippen molar-refractivity contribution in [1.82, 2.24) is 0 Å². The molecule has 1 nitrogen and oxygen atoms in total. The second-order valence-corrected chi connectivity index (χ2v) is 6.83. The zero-order valence-corrected chi connectivity index (χ0v) is 16.9. The highest BCUT2D eigenvalue weighted by molar-refractivity contribution is 6.04. The van der Waals surface area contributed by atoms with Crippen LogP contribution in [0.15, 0.2) is 115 Å². The molecule has 0 spiro atoms. The predicted octanol–water partition coefficient (Wildman–Crippen LogP) is 6.71. The van der Waals surface area contributed by atoms with Gasteiger partial charge >= 0.3 is 0 Å². The summed E-state index contributed by atoms with van der Waals surface area (Å²) in [5.41, 5.74) is 6.42. The number of methoxy groups -OCH3 is 1. The van der Waals surface area contributed by atoms with Crippen molar-refractivity contribution in [3.8, 4) is 17.6 Å². The van der Waals surface area contributed by atoms with Gasteiger partial charge in [0.05, 0.1) is 7.11 Å². The van der Waals surface area contributed by atoms with Gasteiger partial charge in [0.2, 0.25) is 0 Å². The van der Waals surface area contributed by atoms with E-state index >= 15 is 0 Å². The number of allylic oxidation sites excluding steroid dienone is 1. The fourth-order valence-corrected chi connectivity index (χ4v) is 3.36. The van der Waals surface area contributed by atoms with E-state index in [1.807, 2.05) is 54.6 Å². The van der Waals surface area contributed by atoms with Crippen molar-refractivity contribution in [1.29, 1.82) is 0 Å². The Morgan fingerprint density at radius 2 is 1.07 bits per heavy atom. The molecule has 144 valence electrons. The summed E-state index contributed by atoms with van der Waals surface area (Å²) in [6, 6.07) is 39.0. The summed E-state index contributed by atoms with van der Waals surface area (Å²) in [4.78, 5) is 0. The molecule has 30 heavy (non-hydrogen) atoms. The topological polar surface area (TPSA) is 9.23 Å². The Labute approximate surface area is 178 Å². The molecule has 0 bridgehead atoms. The zero-order valence-electron chi connectivity index (χ0n) is 16.9. The molecule has 0 saturated carbocycles. The summed E-state index contributed by atoms with van der Waals surface area (Å²) in [7, 11) is 1.68. The Balaban J connectivity index is 1.98. The van der Waals surface area contributed by atoms with E-state index in [1.165, 1.54) is 0 Å². The van der Waals surface area contributed by atoms with Gasteiger partial charge in [0.1, 0.15) is 5.75 Å². The Bertz CT molecular complexity index is 1180. The maximum Gasteiger partial charge on any atom is 0.118 e. The first kappa shape index (κ1) is 19.3. The van der Waals surface area contributed by atoms with E-state index in [2.05, 4.69) is 72.5 Å². The average Bonchev–Trinajstić information content (AvgIpc) is 2.84. The summed E-state index contributed by atoms with van der Waals surface area (Å²) < 4.78 is 5.36. The van der Waals surface area contributed by atoms with E-state index < -0.39 is 0 Å². The molecule has 0 atom stereocenters. The van der Waals surface area contributed by atoms with Crippen molar-refractivity contribution in [3.63, 3.8) is 0 Å². The maximum absolute atomic E-state index is 5.36. The number of hydrogen-bond donors (Lipinski definition) is 0. The molecule has 0 saturated heterocycles. The van der Waals surface area contributed by atoms with Gasteiger partial charge in [-0.05, 0) is 41.0 Å². The van der Waals surface area contributed by atoms with Gasteiger partial charge in [0, 0.05) is 16.7 Å². The molecular weight excluding hydrogens is 364 g/mol. The Morgan fingerprint density at radius 3 is 1.63 bits per heavy atom. The minimum absolute atomic E-state index is 0.836. The van der Waals surface area contributed by atoms with E-state index in [9.17, 15) is 0 Å². The standard InChI is InChI=1S/C29H22O/c1-30-27-20-18-26(19-21-27)29(25-15-9-4-10-16-25)28(24-13-7-3-8-14-24)22-17-23-11-5-2-6-12-23/h2-16,18-21H,1H3/b29-28+. The van der Waals surface area contributed by atoms with Gasteiger partial charge in [-0.3, -0.25) is 0 Å². The first-order valence-electron chi connectivity index (χ1n) is 9.92. The summed E-state index contributed by atoms with van der Waals surface area (Å²) in [5, 5.41) is 0. The summed E-state index contributed by atoms with van der Waals surface area (Å²) in [6.07, 6.45) is 0. The lowest BCUT2D eigenvalue weighted by atomic mass is 9.89. The van der Waals surface area contributed by atoms with E-state index in [4.69, 9.17) is 4.74 Å². The molecule has 0 aliphatic heterocycles. The van der Waals surface area contributed by atoms with Gasteiger partial charge in [-0.25, -0.2) is 0 Å². The second-order valence-electron chi connectivity index (χ2n) is 6.83. The molecule has 0 unspecified atom stereocenters. The van der Waals surface area contributed by atoms with Crippen molar-refractivity contribution in [3.05, 3.63) is 138 Å². The van der Waals surface area contributed by atoms with Crippen LogP contribution in [-0.2, 0) is 0 Å². The molecule has 0 radical (unpaired) electrons. The van der Waals surface area contributed by atoms with Gasteiger partial charge in [0.15, 0.2) is 0 Å². The molecule has 0 aromatic heterocycles. The van der Waals surface area contributed by atoms with Crippen LogP contribution in [0.4, 0.5) is 0 Å². The van der Waals surface area contributed by atoms with E-state index in [-0.39, 0.29) is 0 Å². The van der Waals surface area contributed by atoms with Gasteiger partial charge in [-0.1, -0.05) is 103 Å². The Kier molecular flexibility index (Phi) is 6.08. The molecule has 0 fully saturated rings. The maximum atomic E-state index is 5.36. The van der Waals surface area contributed by atoms with Crippen LogP contribution >= 0.6 is 0 Å². The number of hydrogen-bond acceptors (Lipinski definition) is 1. The third kappa shape index (κ3) is 4.51. The summed E-state index contributed by atoms with van der Waals surface area (Å²) in [6.45, 7) is 0. The monoisotopic (exact) mass is 386 g/mol. The quantitative estimate of drug-likeness (QED) is 0.280. The van der Waals surface area contributed by atoms with Crippen LogP contribution in [-0.4, -0.2) is 7.11 Å². The lowest BCUT2D eigenvalue weighted by Crippen LogP contribution is -1.95. The molecule has 4 rings (SSSR count). The van der Waals surface area contributed by atoms with Crippen LogP contribution in [0.3, 0.4) is 0 Å². The van der Waals surface area contributed by atoms with Crippen LogP contribution < -0.4 is 4.74 Å². The largest absolute Gasteiger partial charge is 0.497 e. The lowest BCUT2D eigenvalue weighted by molar-refractivity contribution is 0.415. The van der Waals surface area contributed by atoms with E-state index in [0.29, 0.717) is 0 Å². The Morgan fingerprint density at radius 1 is 0.567 bits per heavy atom. The average molecular weight is 386 g/mol. The SMILES string of the molecule is COc1ccc(/C(=C(\C#Cc2ccccc2)c2ccccc2)c2ccccc2)cc1. The van der Waals surface area contributed by atoms with Gasteiger partial charge in [0.25, 0.3) is 0 Å². The number of benzene rings is 4. The van der Waals surface area contributed by atoms with Crippen LogP contribution in [0.1, 0.15) is 22.3 Å². The predicted molar refractivity (Wildman–Crippen MR) is 125 cm³/mol. The van der Waals surface area contributed by atoms with Crippen molar-refractivity contribution >= 4 is 11.1 Å². The van der Waals surface area contributed by atoms with Gasteiger partial charge < -0.3 is 4.74 Å². The fourth-order valence-electron chi connectivity index (χ4n) is 3.36. The summed E-state index contributed by atoms with van der Waals surface area (Å²) >= 11 is 0. The highest BCUT2D eigenvalue weighted by atomic mass is 16.5. The highest BCUT2D eigenvalue weighted by Gasteiger charge is 2.13. The molecule has 0 N–H and O–H groups in total. The van der Waals surface area contributed by atoms with Crippen LogP contribution in [0, 0.1) is 11.8 Å². The van der Waals surface area contributed by atoms with Crippen molar-refractivity contribution in [2.75, 3.05) is 7.11 Å². The van der Waals surface area contributed by atoms with Crippen LogP contribution in [0.5, 0.6) is 5.75 Å². The minimum atomic E-state index is 0.836. The van der Waals surface area contributed by atoms with Crippen molar-refractivity contribution in [2.45, 2.75) is 0 Å². The number of ether oxygens (including phenoxy) is 1. The third-order valence-electron chi connectivity index (χ3n) is 4.86. The molecule has 4 aromatic rings. The molecule has 0 heterocycles. The Hall–Kier alpha value is -4.02. The lowest BCUT2D eigenvalue weighted by Gasteiger charge is -2.14. The molecule has 0 aliphatic carbocycles. The normalized spacial score (nSPS) is 11.1. The molecule has 4 aromatic carbocycles. The first-order chi connectivity index (χ1) is 14.8. The van der Waals surface area contributed by atoms with Gasteiger partial charge in [-0.2, -0.15) is 0 Å². The molecule has 0 amide bonds. The molecule has 0 aliphatic rings. The van der Waals surface area contributed by atoms with E-state index in [0.717, 1.165) is 39.1 Å². The van der Waals surface area contributed by atoms with E-state index in [1.54, 1.807) is 7.11 Å². The smallest absolute Gasteiger partial charge is 0.118 e. The molecular formula is C29H22O. The van der Waals surface area contributed by atoms with Crippen LogP contribution in [0.25, 0.3) is 11.1 Å². The summed E-state index contributed by atoms with van der Waals surface area (Å²) in [5.74, 6) is 7.67. The minimum Gasteiger partial charge on any atom is -0.497 e.